The maximum Gasteiger partial charge on any atom is 0.178 e. The summed E-state index contributed by atoms with van der Waals surface area (Å²) in [5, 5.41) is 0. The smallest absolute Gasteiger partial charge is 0.178 e. The number of carbonyl (C=O) groups is 1. The quantitative estimate of drug-likeness (QED) is 0.551. The highest BCUT2D eigenvalue weighted by molar-refractivity contribution is 6.01. The van der Waals surface area contributed by atoms with Gasteiger partial charge in [-0.05, 0) is 50.2 Å². The number of hydrogen-bond donors (Lipinski definition) is 0. The molecule has 2 saturated carbocycles. The first-order valence-electron chi connectivity index (χ1n) is 5.23. The zero-order valence-electron chi connectivity index (χ0n) is 7.75. The van der Waals surface area contributed by atoms with Crippen molar-refractivity contribution in [2.45, 2.75) is 32.1 Å². The summed E-state index contributed by atoms with van der Waals surface area (Å²) in [6.07, 6.45) is 12.3. The van der Waals surface area contributed by atoms with Crippen LogP contribution in [0.4, 0.5) is 0 Å². The Hall–Kier alpha value is -0.850. The average molecular weight is 174 g/mol. The van der Waals surface area contributed by atoms with Crippen molar-refractivity contribution < 1.29 is 4.79 Å². The molecule has 0 saturated heterocycles. The van der Waals surface area contributed by atoms with E-state index in [-0.39, 0.29) is 5.78 Å². The van der Waals surface area contributed by atoms with Crippen LogP contribution in [-0.2, 0) is 4.79 Å². The van der Waals surface area contributed by atoms with Crippen molar-refractivity contribution in [3.63, 3.8) is 0 Å². The molecule has 0 amide bonds. The zero-order chi connectivity index (χ0) is 8.89. The minimum Gasteiger partial charge on any atom is -0.290 e. The molecule has 0 aromatic heterocycles. The molecule has 3 rings (SSSR count). The van der Waals surface area contributed by atoms with E-state index in [1.807, 2.05) is 6.08 Å². The predicted octanol–water partition coefficient (Wildman–Crippen LogP) is 2.63. The van der Waals surface area contributed by atoms with Gasteiger partial charge >= 0.3 is 0 Å². The lowest BCUT2D eigenvalue weighted by atomic mass is 9.69. The normalized spacial score (nSPS) is 41.7. The summed E-state index contributed by atoms with van der Waals surface area (Å²) >= 11 is 0. The molecule has 1 heteroatoms. The minimum atomic E-state index is 0.200. The maximum absolute atomic E-state index is 11.2. The molecule has 13 heavy (non-hydrogen) atoms. The molecule has 0 radical (unpaired) electrons. The van der Waals surface area contributed by atoms with Crippen molar-refractivity contribution in [3.05, 3.63) is 23.8 Å². The average Bonchev–Trinajstić information content (AvgIpc) is 2.46. The van der Waals surface area contributed by atoms with Gasteiger partial charge in [-0.3, -0.25) is 4.79 Å². The van der Waals surface area contributed by atoms with Gasteiger partial charge in [-0.25, -0.2) is 0 Å². The summed E-state index contributed by atoms with van der Waals surface area (Å²) in [6.45, 7) is 0. The number of ketones is 1. The molecule has 68 valence electrons. The standard InChI is InChI=1S/C12H14O/c13-11-4-6-12-5-3-9(8-12)1-2-10(12)7-11/h4,6-7,9H,1-3,5,8H2/t9-,12-/m0/s1. The molecule has 0 heterocycles. The van der Waals surface area contributed by atoms with Gasteiger partial charge in [0.05, 0.1) is 0 Å². The van der Waals surface area contributed by atoms with Crippen LogP contribution in [0.15, 0.2) is 23.8 Å². The topological polar surface area (TPSA) is 17.1 Å². The van der Waals surface area contributed by atoms with Crippen LogP contribution in [0, 0.1) is 11.3 Å². The first-order chi connectivity index (χ1) is 6.28. The van der Waals surface area contributed by atoms with Gasteiger partial charge < -0.3 is 0 Å². The molecule has 0 N–H and O–H groups in total. The molecular formula is C12H14O. The molecule has 0 aromatic carbocycles. The molecule has 3 aliphatic carbocycles. The van der Waals surface area contributed by atoms with Crippen LogP contribution in [-0.4, -0.2) is 5.78 Å². The largest absolute Gasteiger partial charge is 0.290 e. The van der Waals surface area contributed by atoms with Crippen LogP contribution in [0.3, 0.4) is 0 Å². The van der Waals surface area contributed by atoms with Crippen LogP contribution in [0.25, 0.3) is 0 Å². The first kappa shape index (κ1) is 7.54. The number of fused-ring (bicyclic) bond motifs is 1. The van der Waals surface area contributed by atoms with E-state index in [0.717, 1.165) is 5.92 Å². The molecule has 1 nitrogen and oxygen atoms in total. The van der Waals surface area contributed by atoms with Gasteiger partial charge in [0.2, 0.25) is 0 Å². The Morgan fingerprint density at radius 1 is 1.38 bits per heavy atom. The summed E-state index contributed by atoms with van der Waals surface area (Å²) in [7, 11) is 0. The Morgan fingerprint density at radius 2 is 2.31 bits per heavy atom. The fourth-order valence-electron chi connectivity index (χ4n) is 3.26. The number of hydrogen-bond acceptors (Lipinski definition) is 1. The second-order valence-electron chi connectivity index (χ2n) is 4.71. The number of carbonyl (C=O) groups excluding carboxylic acids is 1. The highest BCUT2D eigenvalue weighted by atomic mass is 16.1. The van der Waals surface area contributed by atoms with Gasteiger partial charge in [0.1, 0.15) is 0 Å². The van der Waals surface area contributed by atoms with Crippen molar-refractivity contribution >= 4 is 5.78 Å². The van der Waals surface area contributed by atoms with Gasteiger partial charge in [-0.1, -0.05) is 11.6 Å². The van der Waals surface area contributed by atoms with Crippen molar-refractivity contribution in [2.75, 3.05) is 0 Å². The molecule has 0 aliphatic heterocycles. The lowest BCUT2D eigenvalue weighted by Gasteiger charge is -2.35. The SMILES string of the molecule is O=C1C=C[C@]23CC[C@H](CCC2=C1)C3. The van der Waals surface area contributed by atoms with E-state index in [2.05, 4.69) is 6.08 Å². The van der Waals surface area contributed by atoms with E-state index in [0.29, 0.717) is 5.41 Å². The highest BCUT2D eigenvalue weighted by Crippen LogP contribution is 2.56. The molecule has 3 aliphatic rings. The van der Waals surface area contributed by atoms with Crippen molar-refractivity contribution in [2.24, 2.45) is 11.3 Å². The molecule has 2 bridgehead atoms. The Bertz CT molecular complexity index is 324. The van der Waals surface area contributed by atoms with E-state index in [4.69, 9.17) is 0 Å². The van der Waals surface area contributed by atoms with Gasteiger partial charge in [-0.2, -0.15) is 0 Å². The van der Waals surface area contributed by atoms with Crippen LogP contribution in [0.5, 0.6) is 0 Å². The van der Waals surface area contributed by atoms with Crippen LogP contribution >= 0.6 is 0 Å². The zero-order valence-corrected chi connectivity index (χ0v) is 7.75. The molecule has 1 spiro atoms. The van der Waals surface area contributed by atoms with Crippen molar-refractivity contribution in [1.29, 1.82) is 0 Å². The second-order valence-corrected chi connectivity index (χ2v) is 4.71. The van der Waals surface area contributed by atoms with Gasteiger partial charge in [0.25, 0.3) is 0 Å². The van der Waals surface area contributed by atoms with E-state index in [9.17, 15) is 4.79 Å². The lowest BCUT2D eigenvalue weighted by Crippen LogP contribution is -2.24. The maximum atomic E-state index is 11.2. The summed E-state index contributed by atoms with van der Waals surface area (Å²) < 4.78 is 0. The summed E-state index contributed by atoms with van der Waals surface area (Å²) in [4.78, 5) is 11.2. The third kappa shape index (κ3) is 0.962. The molecule has 2 atom stereocenters. The third-order valence-electron chi connectivity index (χ3n) is 4.00. The fourth-order valence-corrected chi connectivity index (χ4v) is 3.26. The van der Waals surface area contributed by atoms with Crippen molar-refractivity contribution in [3.8, 4) is 0 Å². The monoisotopic (exact) mass is 174 g/mol. The van der Waals surface area contributed by atoms with E-state index < -0.39 is 0 Å². The van der Waals surface area contributed by atoms with E-state index in [1.165, 1.54) is 37.7 Å². The van der Waals surface area contributed by atoms with Gasteiger partial charge in [-0.15, -0.1) is 0 Å². The molecule has 2 fully saturated rings. The Balaban J connectivity index is 2.06. The van der Waals surface area contributed by atoms with Gasteiger partial charge in [0.15, 0.2) is 5.78 Å². The second kappa shape index (κ2) is 2.34. The Labute approximate surface area is 78.5 Å². The number of allylic oxidation sites excluding steroid dienone is 4. The molecular weight excluding hydrogens is 160 g/mol. The highest BCUT2D eigenvalue weighted by Gasteiger charge is 2.44. The van der Waals surface area contributed by atoms with Crippen LogP contribution in [0.1, 0.15) is 32.1 Å². The van der Waals surface area contributed by atoms with Crippen molar-refractivity contribution in [1.82, 2.24) is 0 Å². The van der Waals surface area contributed by atoms with Gasteiger partial charge in [0, 0.05) is 5.41 Å². The van der Waals surface area contributed by atoms with E-state index in [1.54, 1.807) is 6.08 Å². The summed E-state index contributed by atoms with van der Waals surface area (Å²) in [6, 6.07) is 0. The van der Waals surface area contributed by atoms with Crippen LogP contribution < -0.4 is 0 Å². The lowest BCUT2D eigenvalue weighted by molar-refractivity contribution is -0.110. The molecule has 0 unspecified atom stereocenters. The number of rotatable bonds is 0. The minimum absolute atomic E-state index is 0.200. The summed E-state index contributed by atoms with van der Waals surface area (Å²) in [5.41, 5.74) is 1.75. The Kier molecular flexibility index (Phi) is 1.36. The van der Waals surface area contributed by atoms with E-state index >= 15 is 0 Å². The molecule has 0 aromatic rings. The summed E-state index contributed by atoms with van der Waals surface area (Å²) in [5.74, 6) is 1.14. The first-order valence-corrected chi connectivity index (χ1v) is 5.23. The predicted molar refractivity (Wildman–Crippen MR) is 51.2 cm³/mol. The fraction of sp³-hybridized carbons (Fsp3) is 0.583. The van der Waals surface area contributed by atoms with Crippen LogP contribution in [0.2, 0.25) is 0 Å². The third-order valence-corrected chi connectivity index (χ3v) is 4.00. The Morgan fingerprint density at radius 3 is 3.23 bits per heavy atom.